The molecule has 0 unspecified atom stereocenters. The normalized spacial score (nSPS) is 12.8. The first kappa shape index (κ1) is 18.4. The molecule has 1 aliphatic rings. The second-order valence-corrected chi connectivity index (χ2v) is 5.70. The molecule has 0 atom stereocenters. The number of carbonyl (C=O) groups excluding carboxylic acids is 1. The van der Waals surface area contributed by atoms with E-state index in [1.54, 1.807) is 29.4 Å². The van der Waals surface area contributed by atoms with E-state index in [2.05, 4.69) is 4.98 Å². The molecule has 2 heterocycles. The molecule has 128 valence electrons. The molecule has 0 bridgehead atoms. The van der Waals surface area contributed by atoms with Crippen molar-refractivity contribution in [2.75, 3.05) is 18.1 Å². The first-order valence-electron chi connectivity index (χ1n) is 6.50. The minimum absolute atomic E-state index is 0.0465. The topological polar surface area (TPSA) is 132 Å². The van der Waals surface area contributed by atoms with Crippen LogP contribution in [-0.4, -0.2) is 29.1 Å². The summed E-state index contributed by atoms with van der Waals surface area (Å²) in [6.07, 6.45) is 3.19. The monoisotopic (exact) mass is 417 g/mol. The molecule has 1 N–H and O–H groups in total. The van der Waals surface area contributed by atoms with Crippen LogP contribution in [0, 0.1) is 14.8 Å². The lowest BCUT2D eigenvalue weighted by Gasteiger charge is -2.29. The third-order valence-electron chi connectivity index (χ3n) is 3.07. The van der Waals surface area contributed by atoms with Gasteiger partial charge in [-0.3, -0.25) is 9.78 Å². The number of aromatic nitrogens is 1. The van der Waals surface area contributed by atoms with Gasteiger partial charge in [0, 0.05) is 11.8 Å². The third kappa shape index (κ3) is 4.56. The van der Waals surface area contributed by atoms with Gasteiger partial charge in [-0.15, -0.1) is 0 Å². The Kier molecular flexibility index (Phi) is 6.35. The molecule has 1 aromatic carbocycles. The molecule has 0 saturated carbocycles. The van der Waals surface area contributed by atoms with E-state index in [-0.39, 0.29) is 16.7 Å². The Labute approximate surface area is 147 Å². The van der Waals surface area contributed by atoms with Crippen molar-refractivity contribution in [2.45, 2.75) is 0 Å². The van der Waals surface area contributed by atoms with Gasteiger partial charge in [0.1, 0.15) is 12.4 Å². The van der Waals surface area contributed by atoms with Crippen molar-refractivity contribution >= 4 is 23.2 Å². The number of phenolic OH excluding ortho intramolecular Hbond substituents is 1. The van der Waals surface area contributed by atoms with Crippen LogP contribution in [0.2, 0.25) is 5.02 Å². The fourth-order valence-electron chi connectivity index (χ4n) is 2.08. The average Bonchev–Trinajstić information content (AvgIpc) is 2.56. The number of benzene rings is 1. The highest BCUT2D eigenvalue weighted by molar-refractivity contribution is 6.32. The molecular formula is C14H11BrClN2O6-. The number of phenols is 1. The summed E-state index contributed by atoms with van der Waals surface area (Å²) in [6, 6.07) is 6.13. The highest BCUT2D eigenvalue weighted by atomic mass is 80.0. The number of hydrogen-bond acceptors (Lipinski definition) is 7. The molecule has 0 aliphatic carbocycles. The summed E-state index contributed by atoms with van der Waals surface area (Å²) < 4.78 is 31.0. The second kappa shape index (κ2) is 8.27. The van der Waals surface area contributed by atoms with Crippen LogP contribution in [0.25, 0.3) is 0 Å². The molecule has 3 rings (SSSR count). The molecule has 2 aromatic rings. The Balaban J connectivity index is 0.000000471. The molecule has 10 heteroatoms. The number of rotatable bonds is 1. The van der Waals surface area contributed by atoms with Gasteiger partial charge in [-0.1, -0.05) is 11.6 Å². The molecule has 0 spiro atoms. The number of carbonyl (C=O) groups is 1. The highest BCUT2D eigenvalue weighted by Gasteiger charge is 2.25. The van der Waals surface area contributed by atoms with Crippen molar-refractivity contribution in [3.8, 4) is 11.5 Å². The minimum Gasteiger partial charge on any atom is -0.506 e. The van der Waals surface area contributed by atoms with Crippen molar-refractivity contribution in [1.29, 1.82) is 0 Å². The number of anilines is 1. The van der Waals surface area contributed by atoms with Crippen molar-refractivity contribution in [1.82, 2.24) is 4.98 Å². The summed E-state index contributed by atoms with van der Waals surface area (Å²) in [5.41, 5.74) is 1.10. The van der Waals surface area contributed by atoms with Crippen molar-refractivity contribution < 1.29 is 42.0 Å². The summed E-state index contributed by atoms with van der Waals surface area (Å²) in [7, 11) is 0. The summed E-state index contributed by atoms with van der Waals surface area (Å²) in [5, 5.41) is 9.56. The molecular weight excluding hydrogens is 408 g/mol. The number of hydrogen-bond donors (Lipinski definition) is 1. The lowest BCUT2D eigenvalue weighted by Crippen LogP contribution is -2.42. The van der Waals surface area contributed by atoms with Crippen molar-refractivity contribution in [3.63, 3.8) is 0 Å². The van der Waals surface area contributed by atoms with Gasteiger partial charge in [0.2, 0.25) is 14.8 Å². The molecule has 1 aliphatic heterocycles. The molecule has 8 nitrogen and oxygen atoms in total. The SMILES string of the molecule is O=C(c1ccc(O)c(Cl)c1)N1CCOc2cnccc21.[O-][Br+2]([O-])[O-]. The predicted molar refractivity (Wildman–Crippen MR) is 74.5 cm³/mol. The number of halogens is 2. The van der Waals surface area contributed by atoms with Crippen LogP contribution in [0.5, 0.6) is 11.5 Å². The predicted octanol–water partition coefficient (Wildman–Crippen LogP) is -1.09. The lowest BCUT2D eigenvalue weighted by molar-refractivity contribution is -1.73. The number of ether oxygens (including phenoxy) is 1. The summed E-state index contributed by atoms with van der Waals surface area (Å²) in [5.74, 6) is 0.342. The van der Waals surface area contributed by atoms with Gasteiger partial charge >= 0.3 is 0 Å². The summed E-state index contributed by atoms with van der Waals surface area (Å²) >= 11 is 2.20. The zero-order valence-corrected chi connectivity index (χ0v) is 14.4. The Morgan fingerprint density at radius 1 is 1.33 bits per heavy atom. The van der Waals surface area contributed by atoms with E-state index in [1.807, 2.05) is 0 Å². The van der Waals surface area contributed by atoms with Gasteiger partial charge in [0.25, 0.3) is 5.91 Å². The maximum absolute atomic E-state index is 12.5. The van der Waals surface area contributed by atoms with Crippen LogP contribution < -0.4 is 22.2 Å². The minimum atomic E-state index is -3.65. The summed E-state index contributed by atoms with van der Waals surface area (Å²) in [6.45, 7) is 0.866. The van der Waals surface area contributed by atoms with Gasteiger partial charge in [-0.05, 0) is 24.3 Å². The van der Waals surface area contributed by atoms with E-state index < -0.39 is 14.8 Å². The molecule has 24 heavy (non-hydrogen) atoms. The fourth-order valence-corrected chi connectivity index (χ4v) is 2.26. The first-order valence-corrected chi connectivity index (χ1v) is 8.82. The first-order chi connectivity index (χ1) is 11.4. The van der Waals surface area contributed by atoms with Crippen LogP contribution in [0.4, 0.5) is 5.69 Å². The van der Waals surface area contributed by atoms with Crippen LogP contribution in [0.3, 0.4) is 0 Å². The molecule has 0 fully saturated rings. The third-order valence-corrected chi connectivity index (χ3v) is 3.37. The maximum atomic E-state index is 12.5. The van der Waals surface area contributed by atoms with Crippen LogP contribution in [-0.2, 0) is 0 Å². The van der Waals surface area contributed by atoms with Crippen LogP contribution in [0.1, 0.15) is 10.4 Å². The van der Waals surface area contributed by atoms with Crippen molar-refractivity contribution in [3.05, 3.63) is 47.2 Å². The van der Waals surface area contributed by atoms with E-state index in [0.29, 0.717) is 30.2 Å². The highest BCUT2D eigenvalue weighted by Crippen LogP contribution is 2.32. The molecule has 1 amide bonds. The van der Waals surface area contributed by atoms with Crippen LogP contribution >= 0.6 is 11.6 Å². The smallest absolute Gasteiger partial charge is 0.258 e. The van der Waals surface area contributed by atoms with Gasteiger partial charge < -0.3 is 27.3 Å². The standard InChI is InChI=1S/C14H11ClN2O3.BrO3/c15-10-7-9(1-2-12(10)18)14(19)17-5-6-20-13-8-16-4-3-11(13)17;2-1(3)4/h1-4,7-8,18H,5-6H2;/q;-1. The summed E-state index contributed by atoms with van der Waals surface area (Å²) in [4.78, 5) is 18.1. The van der Waals surface area contributed by atoms with Gasteiger partial charge in [0.05, 0.1) is 23.5 Å². The molecule has 1 aromatic heterocycles. The Morgan fingerprint density at radius 2 is 2.04 bits per heavy atom. The van der Waals surface area contributed by atoms with E-state index in [0.717, 1.165) is 0 Å². The molecule has 0 radical (unpaired) electrons. The Morgan fingerprint density at radius 3 is 2.71 bits per heavy atom. The number of nitrogens with zero attached hydrogens (tertiary/aromatic N) is 2. The Bertz CT molecular complexity index is 727. The second-order valence-electron chi connectivity index (χ2n) is 4.50. The zero-order valence-electron chi connectivity index (χ0n) is 12.0. The van der Waals surface area contributed by atoms with Crippen molar-refractivity contribution in [2.24, 2.45) is 0 Å². The number of amides is 1. The maximum Gasteiger partial charge on any atom is 0.258 e. The fraction of sp³-hybridized carbons (Fsp3) is 0.143. The van der Waals surface area contributed by atoms with E-state index >= 15 is 0 Å². The van der Waals surface area contributed by atoms with E-state index in [9.17, 15) is 9.90 Å². The quantitative estimate of drug-likeness (QED) is 0.622. The largest absolute Gasteiger partial charge is 0.506 e. The van der Waals surface area contributed by atoms with Gasteiger partial charge in [-0.25, -0.2) is 0 Å². The number of pyridine rings is 1. The molecule has 0 saturated heterocycles. The lowest BCUT2D eigenvalue weighted by atomic mass is 10.1. The average molecular weight is 419 g/mol. The number of fused-ring (bicyclic) bond motifs is 1. The van der Waals surface area contributed by atoms with Crippen LogP contribution in [0.15, 0.2) is 36.7 Å². The van der Waals surface area contributed by atoms with Gasteiger partial charge in [-0.2, -0.15) is 0 Å². The van der Waals surface area contributed by atoms with E-state index in [1.165, 1.54) is 12.1 Å². The van der Waals surface area contributed by atoms with E-state index in [4.69, 9.17) is 28.9 Å². The Hall–Kier alpha value is -1.91. The zero-order chi connectivity index (χ0) is 17.7. The number of aromatic hydroxyl groups is 1. The van der Waals surface area contributed by atoms with Gasteiger partial charge in [0.15, 0.2) is 5.75 Å².